The molecule has 1 heterocycles. The lowest BCUT2D eigenvalue weighted by molar-refractivity contribution is -0.116. The zero-order valence-corrected chi connectivity index (χ0v) is 15.4. The van der Waals surface area contributed by atoms with Gasteiger partial charge in [0.1, 0.15) is 18.1 Å². The van der Waals surface area contributed by atoms with Crippen molar-refractivity contribution < 1.29 is 9.53 Å². The topological polar surface area (TPSA) is 83.0 Å². The number of ketones is 1. The van der Waals surface area contributed by atoms with Gasteiger partial charge in [-0.05, 0) is 37.0 Å². The van der Waals surface area contributed by atoms with E-state index in [4.69, 9.17) is 10.6 Å². The number of ether oxygens (including phenoxy) is 1. The smallest absolute Gasteiger partial charge is 0.209 e. The van der Waals surface area contributed by atoms with Gasteiger partial charge in [0.2, 0.25) is 5.16 Å². The van der Waals surface area contributed by atoms with Crippen LogP contribution in [0.4, 0.5) is 0 Å². The van der Waals surface area contributed by atoms with Gasteiger partial charge in [-0.3, -0.25) is 4.79 Å². The highest BCUT2D eigenvalue weighted by atomic mass is 32.2. The SMILES string of the molecule is CC(=O)CCSc1nnc(COc2cc(C)ccc2C(C)C)n1N. The number of Topliss-reactive ketones (excluding diaryl/α,β-unsaturated/α-hetero) is 1. The number of rotatable bonds is 8. The maximum atomic E-state index is 11.0. The summed E-state index contributed by atoms with van der Waals surface area (Å²) in [7, 11) is 0. The van der Waals surface area contributed by atoms with Gasteiger partial charge >= 0.3 is 0 Å². The van der Waals surface area contributed by atoms with Gasteiger partial charge in [0.25, 0.3) is 0 Å². The van der Waals surface area contributed by atoms with Crippen molar-refractivity contribution in [1.82, 2.24) is 14.9 Å². The third-order valence-electron chi connectivity index (χ3n) is 3.57. The van der Waals surface area contributed by atoms with Gasteiger partial charge in [0.15, 0.2) is 5.82 Å². The van der Waals surface area contributed by atoms with Crippen LogP contribution in [0.3, 0.4) is 0 Å². The number of nitrogens with zero attached hydrogens (tertiary/aromatic N) is 3. The summed E-state index contributed by atoms with van der Waals surface area (Å²) >= 11 is 1.42. The fraction of sp³-hybridized carbons (Fsp3) is 0.471. The van der Waals surface area contributed by atoms with E-state index in [1.54, 1.807) is 6.92 Å². The van der Waals surface area contributed by atoms with E-state index < -0.39 is 0 Å². The first-order valence-electron chi connectivity index (χ1n) is 7.93. The number of carbonyl (C=O) groups is 1. The van der Waals surface area contributed by atoms with Gasteiger partial charge < -0.3 is 10.6 Å². The maximum Gasteiger partial charge on any atom is 0.209 e. The molecule has 7 heteroatoms. The summed E-state index contributed by atoms with van der Waals surface area (Å²) in [6.07, 6.45) is 0.490. The molecule has 0 atom stereocenters. The Morgan fingerprint density at radius 1 is 1.38 bits per heavy atom. The monoisotopic (exact) mass is 348 g/mol. The van der Waals surface area contributed by atoms with E-state index in [-0.39, 0.29) is 12.4 Å². The molecule has 0 unspecified atom stereocenters. The highest BCUT2D eigenvalue weighted by molar-refractivity contribution is 7.99. The third-order valence-corrected chi connectivity index (χ3v) is 4.51. The maximum absolute atomic E-state index is 11.0. The number of thioether (sulfide) groups is 1. The van der Waals surface area contributed by atoms with E-state index in [9.17, 15) is 4.79 Å². The van der Waals surface area contributed by atoms with E-state index in [2.05, 4.69) is 36.2 Å². The lowest BCUT2D eigenvalue weighted by Gasteiger charge is -2.14. The van der Waals surface area contributed by atoms with Gasteiger partial charge in [0, 0.05) is 12.2 Å². The first kappa shape index (κ1) is 18.3. The number of nitrogens with two attached hydrogens (primary N) is 1. The van der Waals surface area contributed by atoms with Crippen LogP contribution in [0, 0.1) is 6.92 Å². The number of benzene rings is 1. The molecule has 0 aliphatic rings. The van der Waals surface area contributed by atoms with Crippen molar-refractivity contribution in [2.45, 2.75) is 51.8 Å². The molecule has 130 valence electrons. The molecule has 0 saturated heterocycles. The summed E-state index contributed by atoms with van der Waals surface area (Å²) in [6, 6.07) is 6.19. The molecule has 0 amide bonds. The van der Waals surface area contributed by atoms with Crippen LogP contribution < -0.4 is 10.6 Å². The Hall–Kier alpha value is -2.02. The Morgan fingerprint density at radius 3 is 2.79 bits per heavy atom. The quantitative estimate of drug-likeness (QED) is 0.583. The zero-order valence-electron chi connectivity index (χ0n) is 14.6. The van der Waals surface area contributed by atoms with Gasteiger partial charge in [0.05, 0.1) is 0 Å². The van der Waals surface area contributed by atoms with Crippen LogP contribution >= 0.6 is 11.8 Å². The second-order valence-corrected chi connectivity index (χ2v) is 7.12. The molecular weight excluding hydrogens is 324 g/mol. The molecule has 2 N–H and O–H groups in total. The molecule has 2 aromatic rings. The number of aryl methyl sites for hydroxylation is 1. The number of aromatic nitrogens is 3. The Morgan fingerprint density at radius 2 is 2.12 bits per heavy atom. The average Bonchev–Trinajstić information content (AvgIpc) is 2.85. The minimum absolute atomic E-state index is 0.148. The molecule has 1 aromatic heterocycles. The van der Waals surface area contributed by atoms with Crippen LogP contribution in [-0.2, 0) is 11.4 Å². The van der Waals surface area contributed by atoms with E-state index in [1.807, 2.05) is 13.0 Å². The Kier molecular flexibility index (Phi) is 6.25. The zero-order chi connectivity index (χ0) is 17.7. The van der Waals surface area contributed by atoms with E-state index >= 15 is 0 Å². The van der Waals surface area contributed by atoms with Gasteiger partial charge in [-0.2, -0.15) is 0 Å². The van der Waals surface area contributed by atoms with Crippen molar-refractivity contribution in [3.05, 3.63) is 35.2 Å². The van der Waals surface area contributed by atoms with Crippen LogP contribution in [0.25, 0.3) is 0 Å². The van der Waals surface area contributed by atoms with Crippen LogP contribution in [0.2, 0.25) is 0 Å². The molecule has 0 aliphatic heterocycles. The number of hydrogen-bond acceptors (Lipinski definition) is 6. The summed E-state index contributed by atoms with van der Waals surface area (Å²) in [5.74, 6) is 8.57. The summed E-state index contributed by atoms with van der Waals surface area (Å²) in [5.41, 5.74) is 2.30. The molecule has 0 fully saturated rings. The summed E-state index contributed by atoms with van der Waals surface area (Å²) in [4.78, 5) is 11.0. The van der Waals surface area contributed by atoms with Crippen molar-refractivity contribution in [2.24, 2.45) is 0 Å². The molecule has 1 aromatic carbocycles. The standard InChI is InChI=1S/C17H24N4O2S/c1-11(2)14-6-5-12(3)9-15(14)23-10-16-19-20-17(21(16)18)24-8-7-13(4)22/h5-6,9,11H,7-8,10,18H2,1-4H3. The first-order chi connectivity index (χ1) is 11.4. The van der Waals surface area contributed by atoms with E-state index in [0.717, 1.165) is 16.9 Å². The molecule has 0 bridgehead atoms. The molecule has 0 radical (unpaired) electrons. The summed E-state index contributed by atoms with van der Waals surface area (Å²) in [5, 5.41) is 8.73. The van der Waals surface area contributed by atoms with Crippen molar-refractivity contribution in [2.75, 3.05) is 11.6 Å². The molecular formula is C17H24N4O2S. The predicted octanol–water partition coefficient (Wildman–Crippen LogP) is 3.07. The fourth-order valence-corrected chi connectivity index (χ4v) is 3.09. The Balaban J connectivity index is 2.04. The van der Waals surface area contributed by atoms with Gasteiger partial charge in [-0.25, -0.2) is 4.68 Å². The summed E-state index contributed by atoms with van der Waals surface area (Å²) < 4.78 is 7.36. The number of hydrogen-bond donors (Lipinski definition) is 1. The molecule has 2 rings (SSSR count). The fourth-order valence-electron chi connectivity index (χ4n) is 2.18. The molecule has 0 spiro atoms. The lowest BCUT2D eigenvalue weighted by Crippen LogP contribution is -2.16. The van der Waals surface area contributed by atoms with Crippen molar-refractivity contribution in [3.63, 3.8) is 0 Å². The number of carbonyl (C=O) groups excluding carboxylic acids is 1. The van der Waals surface area contributed by atoms with E-state index in [0.29, 0.717) is 29.1 Å². The summed E-state index contributed by atoms with van der Waals surface area (Å²) in [6.45, 7) is 8.12. The normalized spacial score (nSPS) is 11.0. The molecule has 0 aliphatic carbocycles. The third kappa shape index (κ3) is 4.74. The Labute approximate surface area is 146 Å². The molecule has 0 saturated carbocycles. The average molecular weight is 348 g/mol. The van der Waals surface area contributed by atoms with Crippen molar-refractivity contribution >= 4 is 17.5 Å². The van der Waals surface area contributed by atoms with Crippen LogP contribution in [0.15, 0.2) is 23.4 Å². The van der Waals surface area contributed by atoms with Crippen LogP contribution in [-0.4, -0.2) is 26.4 Å². The predicted molar refractivity (Wildman–Crippen MR) is 95.8 cm³/mol. The largest absolute Gasteiger partial charge is 0.485 e. The number of nitrogen functional groups attached to an aromatic ring is 1. The van der Waals surface area contributed by atoms with Crippen molar-refractivity contribution in [1.29, 1.82) is 0 Å². The molecule has 24 heavy (non-hydrogen) atoms. The van der Waals surface area contributed by atoms with Gasteiger partial charge in [-0.1, -0.05) is 37.7 Å². The minimum Gasteiger partial charge on any atom is -0.485 e. The Bertz CT molecular complexity index is 713. The highest BCUT2D eigenvalue weighted by Gasteiger charge is 2.13. The second kappa shape index (κ2) is 8.19. The lowest BCUT2D eigenvalue weighted by atomic mass is 10.0. The van der Waals surface area contributed by atoms with Crippen LogP contribution in [0.5, 0.6) is 5.75 Å². The molecule has 6 nitrogen and oxygen atoms in total. The minimum atomic E-state index is 0.148. The van der Waals surface area contributed by atoms with Gasteiger partial charge in [-0.15, -0.1) is 10.2 Å². The first-order valence-corrected chi connectivity index (χ1v) is 8.92. The van der Waals surface area contributed by atoms with Crippen molar-refractivity contribution in [3.8, 4) is 5.75 Å². The van der Waals surface area contributed by atoms with E-state index in [1.165, 1.54) is 16.4 Å². The highest BCUT2D eigenvalue weighted by Crippen LogP contribution is 2.28. The second-order valence-electron chi connectivity index (χ2n) is 6.05. The van der Waals surface area contributed by atoms with Crippen LogP contribution in [0.1, 0.15) is 50.1 Å².